The standard InChI is InChI=1S/C11H10BrN3O3/c1-11(2,12)10(16)14-9-4-3-8(15(17)18)5-7(9)6-13/h3-5H,1-2H3,(H,14,16). The SMILES string of the molecule is CC(C)(Br)C(=O)Nc1ccc([N+](=O)[O-])cc1C#N. The molecule has 7 heteroatoms. The summed E-state index contributed by atoms with van der Waals surface area (Å²) >= 11 is 3.18. The van der Waals surface area contributed by atoms with E-state index in [1.165, 1.54) is 12.1 Å². The van der Waals surface area contributed by atoms with Crippen LogP contribution >= 0.6 is 15.9 Å². The molecule has 0 fully saturated rings. The van der Waals surface area contributed by atoms with Crippen LogP contribution in [-0.4, -0.2) is 15.2 Å². The van der Waals surface area contributed by atoms with E-state index in [0.717, 1.165) is 6.07 Å². The van der Waals surface area contributed by atoms with E-state index in [0.29, 0.717) is 0 Å². The summed E-state index contributed by atoms with van der Waals surface area (Å²) in [6, 6.07) is 5.51. The van der Waals surface area contributed by atoms with Crippen molar-refractivity contribution in [2.45, 2.75) is 18.2 Å². The molecule has 1 N–H and O–H groups in total. The summed E-state index contributed by atoms with van der Waals surface area (Å²) in [6.45, 7) is 3.31. The molecule has 0 spiro atoms. The summed E-state index contributed by atoms with van der Waals surface area (Å²) in [4.78, 5) is 21.7. The zero-order valence-electron chi connectivity index (χ0n) is 9.73. The van der Waals surface area contributed by atoms with Crippen LogP contribution in [0.5, 0.6) is 0 Å². The van der Waals surface area contributed by atoms with Crippen LogP contribution in [0.2, 0.25) is 0 Å². The Kier molecular flexibility index (Phi) is 4.03. The fraction of sp³-hybridized carbons (Fsp3) is 0.273. The highest BCUT2D eigenvalue weighted by Gasteiger charge is 2.24. The van der Waals surface area contributed by atoms with Crippen LogP contribution in [0, 0.1) is 21.4 Å². The minimum absolute atomic E-state index is 0.0503. The Balaban J connectivity index is 3.09. The molecule has 0 atom stereocenters. The van der Waals surface area contributed by atoms with Crippen molar-refractivity contribution < 1.29 is 9.72 Å². The molecule has 0 aliphatic carbocycles. The summed E-state index contributed by atoms with van der Waals surface area (Å²) in [5.74, 6) is -0.340. The number of carbonyl (C=O) groups is 1. The number of alkyl halides is 1. The molecule has 1 aromatic rings. The lowest BCUT2D eigenvalue weighted by Gasteiger charge is -2.16. The molecule has 18 heavy (non-hydrogen) atoms. The highest BCUT2D eigenvalue weighted by atomic mass is 79.9. The van der Waals surface area contributed by atoms with Crippen LogP contribution in [0.3, 0.4) is 0 Å². The first-order valence-electron chi connectivity index (χ1n) is 4.94. The van der Waals surface area contributed by atoms with Gasteiger partial charge in [0, 0.05) is 12.1 Å². The van der Waals surface area contributed by atoms with E-state index < -0.39 is 9.25 Å². The molecule has 0 saturated heterocycles. The Labute approximate surface area is 112 Å². The molecule has 0 saturated carbocycles. The van der Waals surface area contributed by atoms with Crippen molar-refractivity contribution in [3.8, 4) is 6.07 Å². The summed E-state index contributed by atoms with van der Waals surface area (Å²) in [7, 11) is 0. The Hall–Kier alpha value is -1.94. The average molecular weight is 312 g/mol. The van der Waals surface area contributed by atoms with Gasteiger partial charge in [0.1, 0.15) is 6.07 Å². The molecule has 1 amide bonds. The number of nitrogens with one attached hydrogen (secondary N) is 1. The van der Waals surface area contributed by atoms with Gasteiger partial charge < -0.3 is 5.32 Å². The minimum Gasteiger partial charge on any atom is -0.324 e. The van der Waals surface area contributed by atoms with Gasteiger partial charge in [-0.25, -0.2) is 0 Å². The average Bonchev–Trinajstić information content (AvgIpc) is 2.27. The number of benzene rings is 1. The molecular weight excluding hydrogens is 302 g/mol. The normalized spacial score (nSPS) is 10.6. The lowest BCUT2D eigenvalue weighted by molar-refractivity contribution is -0.384. The van der Waals surface area contributed by atoms with Crippen LogP contribution in [-0.2, 0) is 4.79 Å². The van der Waals surface area contributed by atoms with Crippen LogP contribution in [0.15, 0.2) is 18.2 Å². The first-order chi connectivity index (χ1) is 8.25. The molecule has 0 radical (unpaired) electrons. The van der Waals surface area contributed by atoms with E-state index in [2.05, 4.69) is 21.2 Å². The summed E-state index contributed by atoms with van der Waals surface area (Å²) in [5.41, 5.74) is 0.109. The quantitative estimate of drug-likeness (QED) is 0.527. The fourth-order valence-electron chi connectivity index (χ4n) is 1.12. The van der Waals surface area contributed by atoms with E-state index in [4.69, 9.17) is 5.26 Å². The minimum atomic E-state index is -0.790. The maximum absolute atomic E-state index is 11.7. The Morgan fingerprint density at radius 1 is 1.56 bits per heavy atom. The third-order valence-electron chi connectivity index (χ3n) is 2.12. The molecule has 0 aliphatic rings. The molecule has 1 rings (SSSR count). The van der Waals surface area contributed by atoms with E-state index in [1.807, 2.05) is 6.07 Å². The smallest absolute Gasteiger partial charge is 0.270 e. The monoisotopic (exact) mass is 311 g/mol. The van der Waals surface area contributed by atoms with Crippen LogP contribution < -0.4 is 5.32 Å². The second-order valence-electron chi connectivity index (χ2n) is 4.03. The molecule has 6 nitrogen and oxygen atoms in total. The Morgan fingerprint density at radius 3 is 2.61 bits per heavy atom. The van der Waals surface area contributed by atoms with Crippen molar-refractivity contribution in [2.24, 2.45) is 0 Å². The molecule has 0 unspecified atom stereocenters. The first kappa shape index (κ1) is 14.1. The van der Waals surface area contributed by atoms with Gasteiger partial charge in [0.15, 0.2) is 0 Å². The van der Waals surface area contributed by atoms with Crippen molar-refractivity contribution in [1.82, 2.24) is 0 Å². The molecule has 0 aromatic heterocycles. The number of nitro benzene ring substituents is 1. The predicted molar refractivity (Wildman–Crippen MR) is 69.4 cm³/mol. The van der Waals surface area contributed by atoms with Gasteiger partial charge in [0.25, 0.3) is 5.69 Å². The van der Waals surface area contributed by atoms with Gasteiger partial charge in [-0.1, -0.05) is 15.9 Å². The highest BCUT2D eigenvalue weighted by molar-refractivity contribution is 9.10. The number of nitrogens with zero attached hydrogens (tertiary/aromatic N) is 2. The number of halogens is 1. The number of rotatable bonds is 3. The van der Waals surface area contributed by atoms with Crippen molar-refractivity contribution in [1.29, 1.82) is 5.26 Å². The largest absolute Gasteiger partial charge is 0.324 e. The van der Waals surface area contributed by atoms with Gasteiger partial charge in [0.05, 0.1) is 20.5 Å². The first-order valence-corrected chi connectivity index (χ1v) is 5.74. The van der Waals surface area contributed by atoms with E-state index in [9.17, 15) is 14.9 Å². The lowest BCUT2D eigenvalue weighted by atomic mass is 10.1. The number of hydrogen-bond donors (Lipinski definition) is 1. The Morgan fingerprint density at radius 2 is 2.17 bits per heavy atom. The van der Waals surface area contributed by atoms with E-state index in [-0.39, 0.29) is 22.8 Å². The van der Waals surface area contributed by atoms with Crippen molar-refractivity contribution in [3.05, 3.63) is 33.9 Å². The van der Waals surface area contributed by atoms with Crippen LogP contribution in [0.1, 0.15) is 19.4 Å². The van der Waals surface area contributed by atoms with Gasteiger partial charge in [-0.15, -0.1) is 0 Å². The number of amides is 1. The summed E-state index contributed by atoms with van der Waals surface area (Å²) in [6.07, 6.45) is 0. The second kappa shape index (κ2) is 5.14. The van der Waals surface area contributed by atoms with Gasteiger partial charge in [-0.05, 0) is 19.9 Å². The summed E-state index contributed by atoms with van der Waals surface area (Å²) in [5, 5.41) is 22.0. The molecule has 1 aromatic carbocycles. The third kappa shape index (κ3) is 3.28. The summed E-state index contributed by atoms with van der Waals surface area (Å²) < 4.78 is -0.790. The lowest BCUT2D eigenvalue weighted by Crippen LogP contribution is -2.31. The van der Waals surface area contributed by atoms with Crippen LogP contribution in [0.4, 0.5) is 11.4 Å². The second-order valence-corrected chi connectivity index (χ2v) is 6.01. The predicted octanol–water partition coefficient (Wildman–Crippen LogP) is 2.58. The number of nitriles is 1. The number of nitro groups is 1. The molecule has 0 heterocycles. The van der Waals surface area contributed by atoms with Crippen LogP contribution in [0.25, 0.3) is 0 Å². The number of carbonyl (C=O) groups excluding carboxylic acids is 1. The fourth-order valence-corrected chi connectivity index (χ4v) is 1.22. The third-order valence-corrected chi connectivity index (χ3v) is 2.48. The van der Waals surface area contributed by atoms with Crippen molar-refractivity contribution in [2.75, 3.05) is 5.32 Å². The number of non-ortho nitro benzene ring substituents is 1. The maximum atomic E-state index is 11.7. The molecule has 0 bridgehead atoms. The topological polar surface area (TPSA) is 96.0 Å². The van der Waals surface area contributed by atoms with Crippen molar-refractivity contribution >= 4 is 33.2 Å². The van der Waals surface area contributed by atoms with Gasteiger partial charge in [0.2, 0.25) is 5.91 Å². The number of anilines is 1. The van der Waals surface area contributed by atoms with E-state index in [1.54, 1.807) is 13.8 Å². The van der Waals surface area contributed by atoms with E-state index >= 15 is 0 Å². The van der Waals surface area contributed by atoms with Crippen molar-refractivity contribution in [3.63, 3.8) is 0 Å². The van der Waals surface area contributed by atoms with Gasteiger partial charge in [-0.2, -0.15) is 5.26 Å². The zero-order valence-corrected chi connectivity index (χ0v) is 11.3. The maximum Gasteiger partial charge on any atom is 0.270 e. The Bertz CT molecular complexity index is 543. The zero-order chi connectivity index (χ0) is 13.9. The molecule has 0 aliphatic heterocycles. The molecular formula is C11H10BrN3O3. The van der Waals surface area contributed by atoms with Gasteiger partial charge in [-0.3, -0.25) is 14.9 Å². The number of hydrogen-bond acceptors (Lipinski definition) is 4. The highest BCUT2D eigenvalue weighted by Crippen LogP contribution is 2.24. The molecule has 94 valence electrons. The van der Waals surface area contributed by atoms with Gasteiger partial charge >= 0.3 is 0 Å².